The average Bonchev–Trinajstić information content (AvgIpc) is 2.80. The monoisotopic (exact) mass is 459 g/mol. The molecule has 3 rings (SSSR count). The van der Waals surface area contributed by atoms with E-state index in [0.717, 1.165) is 36.1 Å². The summed E-state index contributed by atoms with van der Waals surface area (Å²) in [6.45, 7) is 4.51. The Hall–Kier alpha value is -2.84. The number of nitrogens with zero attached hydrogens (tertiary/aromatic N) is 3. The van der Waals surface area contributed by atoms with Crippen LogP contribution in [0.3, 0.4) is 0 Å². The number of aliphatic hydroxyl groups is 1. The molecule has 2 heterocycles. The summed E-state index contributed by atoms with van der Waals surface area (Å²) in [5.41, 5.74) is 3.11. The number of ether oxygens (including phenoxy) is 2. The number of rotatable bonds is 11. The summed E-state index contributed by atoms with van der Waals surface area (Å²) in [6, 6.07) is 7.29. The topological polar surface area (TPSA) is 101 Å². The summed E-state index contributed by atoms with van der Waals surface area (Å²) < 4.78 is 10.7. The fraction of sp³-hybridized carbons (Fsp3) is 0.435. The van der Waals surface area contributed by atoms with E-state index in [2.05, 4.69) is 32.5 Å². The summed E-state index contributed by atoms with van der Waals surface area (Å²) in [7, 11) is 3.24. The highest BCUT2D eigenvalue weighted by Crippen LogP contribution is 2.28. The van der Waals surface area contributed by atoms with Gasteiger partial charge in [0.25, 0.3) is 0 Å². The predicted octanol–water partition coefficient (Wildman–Crippen LogP) is 4.58. The average molecular weight is 460 g/mol. The Morgan fingerprint density at radius 3 is 2.59 bits per heavy atom. The van der Waals surface area contributed by atoms with Gasteiger partial charge in [-0.3, -0.25) is 0 Å². The van der Waals surface area contributed by atoms with Gasteiger partial charge in [-0.25, -0.2) is 9.97 Å². The maximum absolute atomic E-state index is 9.82. The molecule has 172 valence electrons. The summed E-state index contributed by atoms with van der Waals surface area (Å²) in [5.74, 6) is 2.41. The van der Waals surface area contributed by atoms with Crippen molar-refractivity contribution in [2.45, 2.75) is 45.7 Å². The van der Waals surface area contributed by atoms with Crippen LogP contribution in [-0.2, 0) is 6.54 Å². The van der Waals surface area contributed by atoms with Crippen LogP contribution in [0.25, 0.3) is 11.0 Å². The van der Waals surface area contributed by atoms with E-state index in [1.165, 1.54) is 0 Å². The zero-order chi connectivity index (χ0) is 23.1. The Kier molecular flexibility index (Phi) is 8.30. The third-order valence-corrected chi connectivity index (χ3v) is 5.40. The fourth-order valence-electron chi connectivity index (χ4n) is 3.43. The normalized spacial score (nSPS) is 11.9. The molecule has 0 saturated heterocycles. The van der Waals surface area contributed by atoms with Gasteiger partial charge in [0, 0.05) is 18.2 Å². The zero-order valence-electron chi connectivity index (χ0n) is 18.9. The second-order valence-electron chi connectivity index (χ2n) is 7.55. The Morgan fingerprint density at radius 2 is 1.91 bits per heavy atom. The van der Waals surface area contributed by atoms with Crippen molar-refractivity contribution in [3.63, 3.8) is 0 Å². The highest BCUT2D eigenvalue weighted by molar-refractivity contribution is 6.30. The molecule has 1 atom stereocenters. The van der Waals surface area contributed by atoms with Crippen LogP contribution in [0.15, 0.2) is 24.3 Å². The van der Waals surface area contributed by atoms with Gasteiger partial charge < -0.3 is 25.2 Å². The third-order valence-electron chi connectivity index (χ3n) is 5.21. The van der Waals surface area contributed by atoms with Crippen molar-refractivity contribution in [3.05, 3.63) is 40.5 Å². The van der Waals surface area contributed by atoms with Gasteiger partial charge in [-0.1, -0.05) is 31.4 Å². The van der Waals surface area contributed by atoms with E-state index in [9.17, 15) is 5.11 Å². The van der Waals surface area contributed by atoms with Crippen molar-refractivity contribution in [3.8, 4) is 11.5 Å². The van der Waals surface area contributed by atoms with E-state index in [-0.39, 0.29) is 12.6 Å². The van der Waals surface area contributed by atoms with Crippen LogP contribution in [0.1, 0.15) is 37.3 Å². The third kappa shape index (κ3) is 5.69. The number of unbranched alkanes of at least 4 members (excludes halogenated alkanes) is 1. The summed E-state index contributed by atoms with van der Waals surface area (Å²) in [5, 5.41) is 16.8. The molecule has 8 nitrogen and oxygen atoms in total. The predicted molar refractivity (Wildman–Crippen MR) is 128 cm³/mol. The molecular formula is C23H30ClN5O3. The van der Waals surface area contributed by atoms with Gasteiger partial charge in [0.15, 0.2) is 5.82 Å². The second kappa shape index (κ2) is 11.2. The number of halogens is 1. The summed E-state index contributed by atoms with van der Waals surface area (Å²) in [6.07, 6.45) is 2.86. The van der Waals surface area contributed by atoms with E-state index < -0.39 is 0 Å². The van der Waals surface area contributed by atoms with Crippen LogP contribution in [-0.4, -0.2) is 46.9 Å². The van der Waals surface area contributed by atoms with E-state index in [4.69, 9.17) is 21.1 Å². The molecule has 0 amide bonds. The van der Waals surface area contributed by atoms with Crippen molar-refractivity contribution in [1.82, 2.24) is 15.0 Å². The number of benzene rings is 1. The number of hydrogen-bond acceptors (Lipinski definition) is 8. The van der Waals surface area contributed by atoms with Gasteiger partial charge in [0.2, 0.25) is 5.95 Å². The molecular weight excluding hydrogens is 430 g/mol. The smallest absolute Gasteiger partial charge is 0.225 e. The second-order valence-corrected chi connectivity index (χ2v) is 7.94. The van der Waals surface area contributed by atoms with E-state index in [0.29, 0.717) is 40.2 Å². The molecule has 3 aromatic rings. The quantitative estimate of drug-likeness (QED) is 0.358. The number of nitrogens with one attached hydrogen (secondary N) is 2. The first-order valence-electron chi connectivity index (χ1n) is 10.7. The first kappa shape index (κ1) is 23.8. The maximum Gasteiger partial charge on any atom is 0.225 e. The SMILES string of the molecule is CCCC[C@H](CO)Nc1nc(NCc2ccc(OC)cc2OC)nc2c(C)cc(Cl)nc12. The summed E-state index contributed by atoms with van der Waals surface area (Å²) in [4.78, 5) is 13.8. The lowest BCUT2D eigenvalue weighted by Crippen LogP contribution is -2.25. The molecule has 32 heavy (non-hydrogen) atoms. The van der Waals surface area contributed by atoms with E-state index >= 15 is 0 Å². The van der Waals surface area contributed by atoms with Crippen LogP contribution in [0.4, 0.5) is 11.8 Å². The first-order valence-corrected chi connectivity index (χ1v) is 11.0. The molecule has 0 aliphatic carbocycles. The minimum Gasteiger partial charge on any atom is -0.497 e. The molecule has 3 N–H and O–H groups in total. The molecule has 0 unspecified atom stereocenters. The molecule has 0 aliphatic rings. The molecule has 1 aromatic carbocycles. The number of hydrogen-bond donors (Lipinski definition) is 3. The van der Waals surface area contributed by atoms with Crippen LogP contribution >= 0.6 is 11.6 Å². The molecule has 0 spiro atoms. The maximum atomic E-state index is 9.82. The van der Waals surface area contributed by atoms with Gasteiger partial charge in [-0.15, -0.1) is 0 Å². The van der Waals surface area contributed by atoms with Crippen molar-refractivity contribution in [2.24, 2.45) is 0 Å². The lowest BCUT2D eigenvalue weighted by molar-refractivity contribution is 0.267. The van der Waals surface area contributed by atoms with Crippen molar-refractivity contribution in [1.29, 1.82) is 0 Å². The number of methoxy groups -OCH3 is 2. The molecule has 0 aliphatic heterocycles. The molecule has 0 fully saturated rings. The van der Waals surface area contributed by atoms with Gasteiger partial charge in [-0.05, 0) is 37.1 Å². The highest BCUT2D eigenvalue weighted by atomic mass is 35.5. The highest BCUT2D eigenvalue weighted by Gasteiger charge is 2.16. The number of anilines is 2. The molecule has 0 saturated carbocycles. The van der Waals surface area contributed by atoms with Crippen molar-refractivity contribution >= 4 is 34.4 Å². The number of fused-ring (bicyclic) bond motifs is 1. The first-order chi connectivity index (χ1) is 15.5. The number of aliphatic hydroxyl groups excluding tert-OH is 1. The standard InChI is InChI=1S/C23H30ClN5O3/c1-5-6-7-16(13-30)26-22-21-20(14(2)10-19(24)27-21)28-23(29-22)25-12-15-8-9-17(31-3)11-18(15)32-4/h8-11,16,30H,5-7,12-13H2,1-4H3,(H2,25,26,28,29)/t16-/m1/s1. The van der Waals surface area contributed by atoms with Crippen LogP contribution in [0, 0.1) is 6.92 Å². The zero-order valence-corrected chi connectivity index (χ0v) is 19.7. The van der Waals surface area contributed by atoms with Gasteiger partial charge >= 0.3 is 0 Å². The Labute approximate surface area is 193 Å². The number of pyridine rings is 1. The van der Waals surface area contributed by atoms with Crippen LogP contribution < -0.4 is 20.1 Å². The lowest BCUT2D eigenvalue weighted by atomic mass is 10.1. The fourth-order valence-corrected chi connectivity index (χ4v) is 3.67. The molecule has 0 radical (unpaired) electrons. The van der Waals surface area contributed by atoms with Crippen molar-refractivity contribution in [2.75, 3.05) is 31.5 Å². The van der Waals surface area contributed by atoms with E-state index in [1.807, 2.05) is 25.1 Å². The van der Waals surface area contributed by atoms with Crippen LogP contribution in [0.5, 0.6) is 11.5 Å². The molecule has 0 bridgehead atoms. The van der Waals surface area contributed by atoms with Gasteiger partial charge in [-0.2, -0.15) is 4.98 Å². The molecule has 9 heteroatoms. The Bertz CT molecular complexity index is 1060. The number of aryl methyl sites for hydroxylation is 1. The van der Waals surface area contributed by atoms with Crippen molar-refractivity contribution < 1.29 is 14.6 Å². The molecule has 2 aromatic heterocycles. The summed E-state index contributed by atoms with van der Waals surface area (Å²) >= 11 is 6.21. The van der Waals surface area contributed by atoms with Gasteiger partial charge in [0.1, 0.15) is 22.2 Å². The Morgan fingerprint density at radius 1 is 1.09 bits per heavy atom. The minimum absolute atomic E-state index is 0.00312. The lowest BCUT2D eigenvalue weighted by Gasteiger charge is -2.19. The van der Waals surface area contributed by atoms with Crippen LogP contribution in [0.2, 0.25) is 5.15 Å². The Balaban J connectivity index is 1.93. The minimum atomic E-state index is -0.135. The largest absolute Gasteiger partial charge is 0.497 e. The van der Waals surface area contributed by atoms with E-state index in [1.54, 1.807) is 20.3 Å². The van der Waals surface area contributed by atoms with Gasteiger partial charge in [0.05, 0.1) is 32.4 Å². The number of aromatic nitrogens is 3.